The number of nitrogens with zero attached hydrogens (tertiary/aromatic N) is 4. The minimum Gasteiger partial charge on any atom is -0.335 e. The first-order valence-electron chi connectivity index (χ1n) is 8.92. The molecule has 0 aliphatic heterocycles. The lowest BCUT2D eigenvalue weighted by molar-refractivity contribution is -0.113. The molecule has 0 saturated heterocycles. The number of carbonyl (C=O) groups excluding carboxylic acids is 1. The van der Waals surface area contributed by atoms with Crippen molar-refractivity contribution in [3.63, 3.8) is 0 Å². The summed E-state index contributed by atoms with van der Waals surface area (Å²) in [7, 11) is 0. The summed E-state index contributed by atoms with van der Waals surface area (Å²) in [5.74, 6) is 6.50. The molecule has 2 aromatic heterocycles. The van der Waals surface area contributed by atoms with Crippen LogP contribution in [0.4, 0.5) is 5.69 Å². The van der Waals surface area contributed by atoms with Gasteiger partial charge in [0.25, 0.3) is 0 Å². The number of para-hydroxylation sites is 1. The zero-order chi connectivity index (χ0) is 20.2. The van der Waals surface area contributed by atoms with E-state index in [4.69, 9.17) is 5.84 Å². The van der Waals surface area contributed by atoms with Crippen molar-refractivity contribution in [2.75, 3.05) is 16.9 Å². The van der Waals surface area contributed by atoms with Crippen molar-refractivity contribution in [1.82, 2.24) is 25.1 Å². The Morgan fingerprint density at radius 2 is 1.90 bits per heavy atom. The molecule has 8 nitrogen and oxygen atoms in total. The van der Waals surface area contributed by atoms with E-state index in [1.54, 1.807) is 0 Å². The maximum Gasteiger partial charge on any atom is 0.234 e. The molecule has 9 heteroatoms. The molecule has 0 fully saturated rings. The van der Waals surface area contributed by atoms with Crippen LogP contribution in [0.25, 0.3) is 22.6 Å². The van der Waals surface area contributed by atoms with Gasteiger partial charge in [0, 0.05) is 16.9 Å². The van der Waals surface area contributed by atoms with Crippen molar-refractivity contribution in [3.8, 4) is 22.6 Å². The highest BCUT2D eigenvalue weighted by Crippen LogP contribution is 2.28. The number of amides is 1. The number of nitrogens with one attached hydrogen (secondary N) is 2. The van der Waals surface area contributed by atoms with Crippen LogP contribution in [0.3, 0.4) is 0 Å². The van der Waals surface area contributed by atoms with Crippen LogP contribution >= 0.6 is 11.8 Å². The van der Waals surface area contributed by atoms with Crippen molar-refractivity contribution in [2.45, 2.75) is 12.1 Å². The molecule has 4 N–H and O–H groups in total. The lowest BCUT2D eigenvalue weighted by Gasteiger charge is -2.11. The number of nitrogen functional groups attached to an aromatic ring is 1. The Labute approximate surface area is 171 Å². The van der Waals surface area contributed by atoms with Gasteiger partial charge < -0.3 is 11.2 Å². The van der Waals surface area contributed by atoms with Crippen molar-refractivity contribution >= 4 is 23.4 Å². The van der Waals surface area contributed by atoms with E-state index < -0.39 is 0 Å². The maximum absolute atomic E-state index is 12.5. The Morgan fingerprint density at radius 3 is 2.66 bits per heavy atom. The van der Waals surface area contributed by atoms with Gasteiger partial charge in [0.15, 0.2) is 0 Å². The fourth-order valence-corrected chi connectivity index (χ4v) is 3.52. The number of nitrogens with two attached hydrogens (primary N) is 1. The highest BCUT2D eigenvalue weighted by atomic mass is 32.2. The summed E-state index contributed by atoms with van der Waals surface area (Å²) in [4.78, 5) is 12.5. The fraction of sp³-hybridized carbons (Fsp3) is 0.100. The molecule has 4 rings (SSSR count). The molecule has 0 aliphatic carbocycles. The smallest absolute Gasteiger partial charge is 0.234 e. The minimum atomic E-state index is -0.154. The van der Waals surface area contributed by atoms with Gasteiger partial charge in [0.2, 0.25) is 16.9 Å². The average molecular weight is 405 g/mol. The number of rotatable bonds is 6. The van der Waals surface area contributed by atoms with Gasteiger partial charge >= 0.3 is 0 Å². The van der Waals surface area contributed by atoms with E-state index in [9.17, 15) is 4.79 Å². The number of aromatic amines is 1. The van der Waals surface area contributed by atoms with Crippen LogP contribution in [-0.4, -0.2) is 36.7 Å². The number of anilines is 1. The molecule has 1 amide bonds. The Balaban J connectivity index is 1.44. The first-order chi connectivity index (χ1) is 14.1. The zero-order valence-electron chi connectivity index (χ0n) is 15.7. The van der Waals surface area contributed by atoms with Crippen LogP contribution in [0.5, 0.6) is 0 Å². The number of aryl methyl sites for hydroxylation is 1. The van der Waals surface area contributed by atoms with Gasteiger partial charge in [0.1, 0.15) is 5.69 Å². The Kier molecular flexibility index (Phi) is 5.30. The standard InChI is InChI=1S/C20H19N7OS/c1-13-11-17(24-23-13)19-25-26-20(27(19)21)29-12-18(28)22-16-10-6-5-9-15(16)14-7-3-2-4-8-14/h2-11H,12,21H2,1H3,(H,22,28)(H,23,24). The number of benzene rings is 2. The summed E-state index contributed by atoms with van der Waals surface area (Å²) in [5.41, 5.74) is 4.26. The van der Waals surface area contributed by atoms with E-state index >= 15 is 0 Å². The van der Waals surface area contributed by atoms with E-state index in [0.29, 0.717) is 16.7 Å². The van der Waals surface area contributed by atoms with Crippen LogP contribution < -0.4 is 11.2 Å². The van der Waals surface area contributed by atoms with E-state index in [1.165, 1.54) is 16.4 Å². The van der Waals surface area contributed by atoms with E-state index in [1.807, 2.05) is 67.6 Å². The molecule has 2 heterocycles. The lowest BCUT2D eigenvalue weighted by atomic mass is 10.0. The molecular formula is C20H19N7OS. The molecule has 146 valence electrons. The first kappa shape index (κ1) is 18.8. The molecule has 4 aromatic rings. The average Bonchev–Trinajstić information content (AvgIpc) is 3.33. The number of thioether (sulfide) groups is 1. The molecule has 0 unspecified atom stereocenters. The van der Waals surface area contributed by atoms with Gasteiger partial charge in [-0.25, -0.2) is 4.68 Å². The van der Waals surface area contributed by atoms with Gasteiger partial charge in [-0.3, -0.25) is 9.89 Å². The summed E-state index contributed by atoms with van der Waals surface area (Å²) in [6.07, 6.45) is 0. The molecule has 0 bridgehead atoms. The second-order valence-electron chi connectivity index (χ2n) is 6.36. The van der Waals surface area contributed by atoms with E-state index in [-0.39, 0.29) is 11.7 Å². The van der Waals surface area contributed by atoms with Crippen molar-refractivity contribution in [1.29, 1.82) is 0 Å². The molecule has 29 heavy (non-hydrogen) atoms. The number of hydrogen-bond acceptors (Lipinski definition) is 6. The van der Waals surface area contributed by atoms with Crippen molar-refractivity contribution in [3.05, 3.63) is 66.4 Å². The Morgan fingerprint density at radius 1 is 1.14 bits per heavy atom. The number of H-pyrrole nitrogens is 1. The molecule has 2 aromatic carbocycles. The van der Waals surface area contributed by atoms with Gasteiger partial charge in [-0.05, 0) is 24.6 Å². The predicted molar refractivity (Wildman–Crippen MR) is 114 cm³/mol. The van der Waals surface area contributed by atoms with Crippen LogP contribution in [-0.2, 0) is 4.79 Å². The predicted octanol–water partition coefficient (Wildman–Crippen LogP) is 3.09. The van der Waals surface area contributed by atoms with Crippen molar-refractivity contribution < 1.29 is 4.79 Å². The quantitative estimate of drug-likeness (QED) is 0.335. The normalized spacial score (nSPS) is 10.8. The number of hydrogen-bond donors (Lipinski definition) is 3. The van der Waals surface area contributed by atoms with Gasteiger partial charge in [-0.15, -0.1) is 10.2 Å². The maximum atomic E-state index is 12.5. The monoisotopic (exact) mass is 405 g/mol. The zero-order valence-corrected chi connectivity index (χ0v) is 16.5. The number of aromatic nitrogens is 5. The Hall–Kier alpha value is -3.59. The highest BCUT2D eigenvalue weighted by Gasteiger charge is 2.16. The van der Waals surface area contributed by atoms with Crippen LogP contribution in [0.15, 0.2) is 65.8 Å². The Bertz CT molecular complexity index is 1140. The lowest BCUT2D eigenvalue weighted by Crippen LogP contribution is -2.17. The molecule has 0 atom stereocenters. The van der Waals surface area contributed by atoms with Crippen LogP contribution in [0.1, 0.15) is 5.69 Å². The molecule has 0 spiro atoms. The minimum absolute atomic E-state index is 0.151. The van der Waals surface area contributed by atoms with Crippen LogP contribution in [0.2, 0.25) is 0 Å². The largest absolute Gasteiger partial charge is 0.335 e. The SMILES string of the molecule is Cc1cc(-c2nnc(SCC(=O)Nc3ccccc3-c3ccccc3)n2N)n[nH]1. The van der Waals surface area contributed by atoms with Crippen LogP contribution in [0, 0.1) is 6.92 Å². The fourth-order valence-electron chi connectivity index (χ4n) is 2.86. The van der Waals surface area contributed by atoms with Gasteiger partial charge in [0.05, 0.1) is 5.75 Å². The third-order valence-corrected chi connectivity index (χ3v) is 5.16. The second kappa shape index (κ2) is 8.19. The third-order valence-electron chi connectivity index (χ3n) is 4.22. The summed E-state index contributed by atoms with van der Waals surface area (Å²) in [6.45, 7) is 1.89. The van der Waals surface area contributed by atoms with Crippen molar-refractivity contribution in [2.24, 2.45) is 0 Å². The third kappa shape index (κ3) is 4.14. The topological polar surface area (TPSA) is 115 Å². The number of carbonyl (C=O) groups is 1. The highest BCUT2D eigenvalue weighted by molar-refractivity contribution is 7.99. The first-order valence-corrected chi connectivity index (χ1v) is 9.90. The summed E-state index contributed by atoms with van der Waals surface area (Å²) < 4.78 is 1.34. The summed E-state index contributed by atoms with van der Waals surface area (Å²) in [6, 6.07) is 19.4. The molecular weight excluding hydrogens is 386 g/mol. The molecule has 0 radical (unpaired) electrons. The van der Waals surface area contributed by atoms with Gasteiger partial charge in [-0.1, -0.05) is 60.3 Å². The molecule has 0 aliphatic rings. The van der Waals surface area contributed by atoms with E-state index in [0.717, 1.165) is 22.5 Å². The van der Waals surface area contributed by atoms with Gasteiger partial charge in [-0.2, -0.15) is 5.10 Å². The second-order valence-corrected chi connectivity index (χ2v) is 7.30. The summed E-state index contributed by atoms with van der Waals surface area (Å²) >= 11 is 1.21. The summed E-state index contributed by atoms with van der Waals surface area (Å²) in [5, 5.41) is 18.5. The molecule has 0 saturated carbocycles. The van der Waals surface area contributed by atoms with E-state index in [2.05, 4.69) is 25.7 Å².